The number of hydrogen-bond donors (Lipinski definition) is 0. The highest BCUT2D eigenvalue weighted by Gasteiger charge is 1.99. The predicted molar refractivity (Wildman–Crippen MR) is 44.9 cm³/mol. The van der Waals surface area contributed by atoms with E-state index in [1.807, 2.05) is 13.8 Å². The Morgan fingerprint density at radius 1 is 1.27 bits per heavy atom. The van der Waals surface area contributed by atoms with Gasteiger partial charge in [0.05, 0.1) is 0 Å². The Bertz CT molecular complexity index is 208. The lowest BCUT2D eigenvalue weighted by Gasteiger charge is -2.02. The van der Waals surface area contributed by atoms with E-state index in [1.54, 1.807) is 0 Å². The van der Waals surface area contributed by atoms with Crippen molar-refractivity contribution in [2.45, 2.75) is 13.8 Å². The van der Waals surface area contributed by atoms with Crippen LogP contribution in [0.25, 0.3) is 0 Å². The van der Waals surface area contributed by atoms with Crippen molar-refractivity contribution in [3.8, 4) is 0 Å². The first-order valence-corrected chi connectivity index (χ1v) is 3.26. The lowest BCUT2D eigenvalue weighted by atomic mass is 10.3. The number of carbonyl (C=O) groups excluding carboxylic acids is 1. The minimum Gasteiger partial charge on any atom is -0.423 e. The Balaban J connectivity index is 4.33. The van der Waals surface area contributed by atoms with Gasteiger partial charge in [-0.1, -0.05) is 13.2 Å². The van der Waals surface area contributed by atoms with Crippen LogP contribution < -0.4 is 0 Å². The summed E-state index contributed by atoms with van der Waals surface area (Å²) in [5.74, 6) is 0.0380. The largest absolute Gasteiger partial charge is 0.423 e. The lowest BCUT2D eigenvalue weighted by Crippen LogP contribution is -1.99. The maximum absolute atomic E-state index is 10.7. The second-order valence-corrected chi connectivity index (χ2v) is 2.19. The van der Waals surface area contributed by atoms with Gasteiger partial charge >= 0.3 is 5.97 Å². The van der Waals surface area contributed by atoms with Gasteiger partial charge in [-0.2, -0.15) is 0 Å². The molecule has 0 aromatic carbocycles. The van der Waals surface area contributed by atoms with Crippen molar-refractivity contribution in [1.82, 2.24) is 0 Å². The summed E-state index contributed by atoms with van der Waals surface area (Å²) in [7, 11) is 0. The third-order valence-corrected chi connectivity index (χ3v) is 1.06. The Morgan fingerprint density at radius 2 is 1.82 bits per heavy atom. The van der Waals surface area contributed by atoms with Gasteiger partial charge in [-0.25, -0.2) is 4.79 Å². The smallest absolute Gasteiger partial charge is 0.335 e. The normalized spacial score (nSPS) is 8.18. The zero-order valence-corrected chi connectivity index (χ0v) is 6.89. The molecule has 0 radical (unpaired) electrons. The average Bonchev–Trinajstić information content (AvgIpc) is 1.99. The zero-order valence-electron chi connectivity index (χ0n) is 6.89. The van der Waals surface area contributed by atoms with E-state index in [0.29, 0.717) is 5.76 Å². The Kier molecular flexibility index (Phi) is 3.96. The van der Waals surface area contributed by atoms with E-state index in [2.05, 4.69) is 13.2 Å². The number of rotatable bonds is 3. The average molecular weight is 152 g/mol. The summed E-state index contributed by atoms with van der Waals surface area (Å²) in [5.41, 5.74) is 0.912. The molecule has 60 valence electrons. The summed E-state index contributed by atoms with van der Waals surface area (Å²) in [5, 5.41) is 0. The first kappa shape index (κ1) is 9.69. The topological polar surface area (TPSA) is 26.3 Å². The van der Waals surface area contributed by atoms with E-state index in [4.69, 9.17) is 4.74 Å². The number of esters is 1. The third-order valence-electron chi connectivity index (χ3n) is 1.06. The standard InChI is InChI=1S/C9H12O2/c1-5-8(7(3)4)11-9(10)6-2/h5-6H,1-2H2,3-4H3. The molecule has 0 atom stereocenters. The number of carbonyl (C=O) groups is 1. The van der Waals surface area contributed by atoms with E-state index in [9.17, 15) is 4.79 Å². The summed E-state index contributed by atoms with van der Waals surface area (Å²) >= 11 is 0. The molecule has 0 N–H and O–H groups in total. The molecule has 0 aliphatic heterocycles. The molecule has 0 fully saturated rings. The van der Waals surface area contributed by atoms with Crippen LogP contribution >= 0.6 is 0 Å². The van der Waals surface area contributed by atoms with Crippen LogP contribution in [0.3, 0.4) is 0 Å². The minimum atomic E-state index is -0.457. The summed E-state index contributed by atoms with van der Waals surface area (Å²) < 4.78 is 4.81. The van der Waals surface area contributed by atoms with E-state index in [0.717, 1.165) is 11.6 Å². The van der Waals surface area contributed by atoms with Crippen LogP contribution in [0.5, 0.6) is 0 Å². The number of allylic oxidation sites excluding steroid dienone is 2. The van der Waals surface area contributed by atoms with Gasteiger partial charge in [0.25, 0.3) is 0 Å². The van der Waals surface area contributed by atoms with Gasteiger partial charge in [0.15, 0.2) is 0 Å². The number of hydrogen-bond acceptors (Lipinski definition) is 2. The van der Waals surface area contributed by atoms with E-state index < -0.39 is 5.97 Å². The van der Waals surface area contributed by atoms with Crippen LogP contribution in [0.15, 0.2) is 36.6 Å². The summed E-state index contributed by atoms with van der Waals surface area (Å²) in [6.45, 7) is 10.5. The van der Waals surface area contributed by atoms with Gasteiger partial charge in [-0.05, 0) is 25.5 Å². The monoisotopic (exact) mass is 152 g/mol. The predicted octanol–water partition coefficient (Wildman–Crippen LogP) is 2.20. The van der Waals surface area contributed by atoms with Crippen molar-refractivity contribution in [1.29, 1.82) is 0 Å². The Hall–Kier alpha value is -1.31. The van der Waals surface area contributed by atoms with Gasteiger partial charge in [0.2, 0.25) is 0 Å². The van der Waals surface area contributed by atoms with E-state index in [1.165, 1.54) is 6.08 Å². The zero-order chi connectivity index (χ0) is 8.85. The molecule has 2 heteroatoms. The maximum Gasteiger partial charge on any atom is 0.335 e. The van der Waals surface area contributed by atoms with Gasteiger partial charge in [-0.15, -0.1) is 0 Å². The van der Waals surface area contributed by atoms with Crippen LogP contribution in [0.4, 0.5) is 0 Å². The van der Waals surface area contributed by atoms with Gasteiger partial charge in [-0.3, -0.25) is 0 Å². The quantitative estimate of drug-likeness (QED) is 0.268. The molecule has 0 unspecified atom stereocenters. The van der Waals surface area contributed by atoms with E-state index >= 15 is 0 Å². The molecule has 0 aromatic heterocycles. The summed E-state index contributed by atoms with van der Waals surface area (Å²) in [6, 6.07) is 0. The van der Waals surface area contributed by atoms with Crippen LogP contribution in [-0.4, -0.2) is 5.97 Å². The lowest BCUT2D eigenvalue weighted by molar-refractivity contribution is -0.133. The molecule has 0 aromatic rings. The molecule has 0 heterocycles. The fourth-order valence-corrected chi connectivity index (χ4v) is 0.498. The van der Waals surface area contributed by atoms with Crippen molar-refractivity contribution in [2.75, 3.05) is 0 Å². The molecule has 0 saturated carbocycles. The molecule has 0 aliphatic carbocycles. The molecular weight excluding hydrogens is 140 g/mol. The van der Waals surface area contributed by atoms with Crippen molar-refractivity contribution in [3.63, 3.8) is 0 Å². The second kappa shape index (κ2) is 4.50. The van der Waals surface area contributed by atoms with E-state index in [-0.39, 0.29) is 0 Å². The summed E-state index contributed by atoms with van der Waals surface area (Å²) in [6.07, 6.45) is 2.61. The van der Waals surface area contributed by atoms with Crippen LogP contribution in [0.1, 0.15) is 13.8 Å². The molecule has 11 heavy (non-hydrogen) atoms. The summed E-state index contributed by atoms with van der Waals surface area (Å²) in [4.78, 5) is 10.7. The molecule has 0 bridgehead atoms. The van der Waals surface area contributed by atoms with Crippen LogP contribution in [-0.2, 0) is 9.53 Å². The van der Waals surface area contributed by atoms with Crippen molar-refractivity contribution in [2.24, 2.45) is 0 Å². The van der Waals surface area contributed by atoms with Crippen molar-refractivity contribution >= 4 is 5.97 Å². The number of ether oxygens (including phenoxy) is 1. The van der Waals surface area contributed by atoms with Crippen molar-refractivity contribution in [3.05, 3.63) is 36.6 Å². The highest BCUT2D eigenvalue weighted by molar-refractivity contribution is 5.82. The van der Waals surface area contributed by atoms with Gasteiger partial charge < -0.3 is 4.74 Å². The van der Waals surface area contributed by atoms with Crippen molar-refractivity contribution < 1.29 is 9.53 Å². The first-order valence-electron chi connectivity index (χ1n) is 3.26. The first-order chi connectivity index (χ1) is 5.11. The molecule has 0 spiro atoms. The highest BCUT2D eigenvalue weighted by atomic mass is 16.5. The maximum atomic E-state index is 10.7. The fraction of sp³-hybridized carbons (Fsp3) is 0.222. The van der Waals surface area contributed by atoms with Crippen LogP contribution in [0, 0.1) is 0 Å². The molecule has 0 rings (SSSR count). The van der Waals surface area contributed by atoms with Gasteiger partial charge in [0, 0.05) is 6.08 Å². The minimum absolute atomic E-state index is 0.457. The molecular formula is C9H12O2. The molecule has 2 nitrogen and oxygen atoms in total. The molecule has 0 saturated heterocycles. The third kappa shape index (κ3) is 3.40. The van der Waals surface area contributed by atoms with Gasteiger partial charge in [0.1, 0.15) is 5.76 Å². The molecule has 0 amide bonds. The van der Waals surface area contributed by atoms with Crippen LogP contribution in [0.2, 0.25) is 0 Å². The second-order valence-electron chi connectivity index (χ2n) is 2.19. The molecule has 0 aliphatic rings. The Labute approximate surface area is 66.9 Å². The Morgan fingerprint density at radius 3 is 2.09 bits per heavy atom. The highest BCUT2D eigenvalue weighted by Crippen LogP contribution is 2.06. The fourth-order valence-electron chi connectivity index (χ4n) is 0.498. The SMILES string of the molecule is C=CC(=O)OC(C=C)=C(C)C.